The molecule has 0 saturated carbocycles. The van der Waals surface area contributed by atoms with E-state index in [2.05, 4.69) is 25.6 Å². The van der Waals surface area contributed by atoms with Crippen molar-refractivity contribution in [1.29, 1.82) is 0 Å². The zero-order chi connectivity index (χ0) is 15.5. The van der Waals surface area contributed by atoms with E-state index in [1.165, 1.54) is 17.7 Å². The fourth-order valence-electron chi connectivity index (χ4n) is 1.79. The molecule has 2 heterocycles. The normalized spacial score (nSPS) is 10.5. The molecule has 1 aromatic carbocycles. The van der Waals surface area contributed by atoms with Crippen molar-refractivity contribution < 1.29 is 0 Å². The lowest BCUT2D eigenvalue weighted by atomic mass is 10.2. The molecule has 0 aliphatic carbocycles. The quantitative estimate of drug-likeness (QED) is 0.670. The molecule has 0 aliphatic rings. The molecule has 4 N–H and O–H groups in total. The number of aromatic nitrogens is 3. The summed E-state index contributed by atoms with van der Waals surface area (Å²) in [6.45, 7) is 1.95. The summed E-state index contributed by atoms with van der Waals surface area (Å²) in [5.74, 6) is 1.01. The van der Waals surface area contributed by atoms with E-state index in [-0.39, 0.29) is 0 Å². The van der Waals surface area contributed by atoms with Crippen LogP contribution in [-0.2, 0) is 0 Å². The van der Waals surface area contributed by atoms with Crippen LogP contribution in [0.5, 0.6) is 0 Å². The topological polar surface area (TPSA) is 88.8 Å². The number of nitrogen functional groups attached to an aromatic ring is 1. The molecule has 0 saturated heterocycles. The maximum absolute atomic E-state index is 6.12. The molecular formula is C14H13ClN6S. The summed E-state index contributed by atoms with van der Waals surface area (Å²) in [5.41, 5.74) is 8.34. The smallest absolute Gasteiger partial charge is 0.188 e. The maximum atomic E-state index is 6.12. The summed E-state index contributed by atoms with van der Waals surface area (Å²) in [4.78, 5) is 12.4. The van der Waals surface area contributed by atoms with Crippen LogP contribution in [0.4, 0.5) is 28.1 Å². The van der Waals surface area contributed by atoms with Gasteiger partial charge in [-0.15, -0.1) is 11.3 Å². The van der Waals surface area contributed by atoms with Gasteiger partial charge in [0.05, 0.1) is 0 Å². The lowest BCUT2D eigenvalue weighted by Gasteiger charge is -2.12. The Bertz CT molecular complexity index is 790. The van der Waals surface area contributed by atoms with E-state index in [1.807, 2.05) is 30.5 Å². The number of hydrogen-bond donors (Lipinski definition) is 3. The second-order valence-corrected chi connectivity index (χ2v) is 5.84. The van der Waals surface area contributed by atoms with Gasteiger partial charge < -0.3 is 16.4 Å². The molecule has 112 valence electrons. The molecule has 0 radical (unpaired) electrons. The van der Waals surface area contributed by atoms with Crippen molar-refractivity contribution in [2.45, 2.75) is 6.92 Å². The molecule has 22 heavy (non-hydrogen) atoms. The van der Waals surface area contributed by atoms with Crippen LogP contribution in [0.2, 0.25) is 5.02 Å². The van der Waals surface area contributed by atoms with Crippen molar-refractivity contribution in [3.63, 3.8) is 0 Å². The minimum Gasteiger partial charge on any atom is -0.393 e. The van der Waals surface area contributed by atoms with Crippen molar-refractivity contribution >= 4 is 51.1 Å². The molecular weight excluding hydrogens is 320 g/mol. The third-order valence-electron chi connectivity index (χ3n) is 2.98. The third kappa shape index (κ3) is 3.10. The first-order chi connectivity index (χ1) is 10.6. The van der Waals surface area contributed by atoms with Crippen LogP contribution < -0.4 is 16.4 Å². The molecule has 0 bridgehead atoms. The number of nitrogens with two attached hydrogens (primary N) is 1. The summed E-state index contributed by atoms with van der Waals surface area (Å²) in [6, 6.07) is 5.67. The Balaban J connectivity index is 1.86. The summed E-state index contributed by atoms with van der Waals surface area (Å²) in [6.07, 6.45) is 3.14. The Hall–Kier alpha value is -2.38. The van der Waals surface area contributed by atoms with Crippen LogP contribution in [0.25, 0.3) is 0 Å². The van der Waals surface area contributed by atoms with Gasteiger partial charge in [-0.05, 0) is 24.6 Å². The predicted molar refractivity (Wildman–Crippen MR) is 91.3 cm³/mol. The lowest BCUT2D eigenvalue weighted by Crippen LogP contribution is -2.05. The maximum Gasteiger partial charge on any atom is 0.188 e. The van der Waals surface area contributed by atoms with Crippen molar-refractivity contribution in [2.24, 2.45) is 0 Å². The summed E-state index contributed by atoms with van der Waals surface area (Å²) in [5, 5.41) is 9.47. The number of anilines is 5. The molecule has 8 heteroatoms. The van der Waals surface area contributed by atoms with Crippen LogP contribution in [0, 0.1) is 6.92 Å². The van der Waals surface area contributed by atoms with Gasteiger partial charge in [-0.3, -0.25) is 0 Å². The Morgan fingerprint density at radius 1 is 1.14 bits per heavy atom. The van der Waals surface area contributed by atoms with Gasteiger partial charge in [0.1, 0.15) is 12.0 Å². The minimum absolute atomic E-state index is 0.411. The standard InChI is InChI=1S/C14H13ClN6S/c1-8-2-3-9(6-10(8)15)20-12-11(16)13(19-7-18-12)21-14-17-4-5-22-14/h2-7H,16H2,1H3,(H2,17,18,19,20,21). The number of thiazole rings is 1. The number of hydrogen-bond acceptors (Lipinski definition) is 7. The van der Waals surface area contributed by atoms with E-state index in [4.69, 9.17) is 17.3 Å². The van der Waals surface area contributed by atoms with E-state index in [0.29, 0.717) is 22.3 Å². The SMILES string of the molecule is Cc1ccc(Nc2ncnc(Nc3nccs3)c2N)cc1Cl. The van der Waals surface area contributed by atoms with Crippen LogP contribution in [-0.4, -0.2) is 15.0 Å². The molecule has 0 spiro atoms. The van der Waals surface area contributed by atoms with E-state index in [9.17, 15) is 0 Å². The van der Waals surface area contributed by atoms with E-state index >= 15 is 0 Å². The van der Waals surface area contributed by atoms with Gasteiger partial charge in [0.25, 0.3) is 0 Å². The van der Waals surface area contributed by atoms with Crippen molar-refractivity contribution in [2.75, 3.05) is 16.4 Å². The van der Waals surface area contributed by atoms with Crippen LogP contribution in [0.15, 0.2) is 36.1 Å². The molecule has 3 aromatic rings. The third-order valence-corrected chi connectivity index (χ3v) is 4.07. The highest BCUT2D eigenvalue weighted by atomic mass is 35.5. The second-order valence-electron chi connectivity index (χ2n) is 4.54. The molecule has 2 aromatic heterocycles. The first kappa shape index (κ1) is 14.6. The molecule has 6 nitrogen and oxygen atoms in total. The summed E-state index contributed by atoms with van der Waals surface area (Å²) in [7, 11) is 0. The first-order valence-electron chi connectivity index (χ1n) is 6.43. The highest BCUT2D eigenvalue weighted by molar-refractivity contribution is 7.13. The van der Waals surface area contributed by atoms with Gasteiger partial charge in [-0.1, -0.05) is 17.7 Å². The van der Waals surface area contributed by atoms with Crippen LogP contribution in [0.1, 0.15) is 5.56 Å². The fourth-order valence-corrected chi connectivity index (χ4v) is 2.50. The average Bonchev–Trinajstić information content (AvgIpc) is 3.00. The molecule has 0 fully saturated rings. The van der Waals surface area contributed by atoms with Gasteiger partial charge in [0.15, 0.2) is 16.8 Å². The molecule has 0 unspecified atom stereocenters. The molecule has 0 aliphatic heterocycles. The molecule has 0 atom stereocenters. The lowest BCUT2D eigenvalue weighted by molar-refractivity contribution is 1.17. The Kier molecular flexibility index (Phi) is 4.08. The van der Waals surface area contributed by atoms with Crippen molar-refractivity contribution in [1.82, 2.24) is 15.0 Å². The van der Waals surface area contributed by atoms with Crippen LogP contribution >= 0.6 is 22.9 Å². The van der Waals surface area contributed by atoms with Gasteiger partial charge in [0.2, 0.25) is 0 Å². The van der Waals surface area contributed by atoms with E-state index in [0.717, 1.165) is 16.4 Å². The number of rotatable bonds is 4. The van der Waals surface area contributed by atoms with Gasteiger partial charge in [-0.25, -0.2) is 15.0 Å². The Morgan fingerprint density at radius 3 is 2.59 bits per heavy atom. The van der Waals surface area contributed by atoms with Gasteiger partial charge >= 0.3 is 0 Å². The summed E-state index contributed by atoms with van der Waals surface area (Å²) < 4.78 is 0. The van der Waals surface area contributed by atoms with E-state index in [1.54, 1.807) is 6.20 Å². The first-order valence-corrected chi connectivity index (χ1v) is 7.69. The zero-order valence-electron chi connectivity index (χ0n) is 11.7. The number of aryl methyl sites for hydroxylation is 1. The largest absolute Gasteiger partial charge is 0.393 e. The Labute approximate surface area is 136 Å². The fraction of sp³-hybridized carbons (Fsp3) is 0.0714. The predicted octanol–water partition coefficient (Wildman–Crippen LogP) is 3.96. The van der Waals surface area contributed by atoms with Crippen molar-refractivity contribution in [3.8, 4) is 0 Å². The molecule has 3 rings (SSSR count). The van der Waals surface area contributed by atoms with Crippen molar-refractivity contribution in [3.05, 3.63) is 46.7 Å². The minimum atomic E-state index is 0.411. The Morgan fingerprint density at radius 2 is 1.91 bits per heavy atom. The van der Waals surface area contributed by atoms with Gasteiger partial charge in [0, 0.05) is 22.3 Å². The monoisotopic (exact) mass is 332 g/mol. The summed E-state index contributed by atoms with van der Waals surface area (Å²) >= 11 is 7.59. The highest BCUT2D eigenvalue weighted by Crippen LogP contribution is 2.29. The average molecular weight is 333 g/mol. The van der Waals surface area contributed by atoms with E-state index < -0.39 is 0 Å². The zero-order valence-corrected chi connectivity index (χ0v) is 13.2. The number of halogens is 1. The number of nitrogens with one attached hydrogen (secondary N) is 2. The number of benzene rings is 1. The van der Waals surface area contributed by atoms with Gasteiger partial charge in [-0.2, -0.15) is 0 Å². The second kappa shape index (κ2) is 6.17. The van der Waals surface area contributed by atoms with Crippen LogP contribution in [0.3, 0.4) is 0 Å². The molecule has 0 amide bonds. The number of nitrogens with zero attached hydrogens (tertiary/aromatic N) is 3. The highest BCUT2D eigenvalue weighted by Gasteiger charge is 2.10.